The summed E-state index contributed by atoms with van der Waals surface area (Å²) in [6, 6.07) is 13.1. The number of benzene rings is 2. The molecule has 0 aliphatic carbocycles. The lowest BCUT2D eigenvalue weighted by Gasteiger charge is -2.15. The molecule has 1 atom stereocenters. The fourth-order valence-electron chi connectivity index (χ4n) is 2.49. The van der Waals surface area contributed by atoms with Gasteiger partial charge in [0.2, 0.25) is 11.8 Å². The van der Waals surface area contributed by atoms with E-state index >= 15 is 0 Å². The maximum Gasteiger partial charge on any atom is 0.313 e. The van der Waals surface area contributed by atoms with E-state index in [0.717, 1.165) is 27.4 Å². The van der Waals surface area contributed by atoms with Gasteiger partial charge in [0.15, 0.2) is 0 Å². The number of aliphatic carboxylic acids is 1. The molecule has 1 aliphatic heterocycles. The molecule has 1 fully saturated rings. The molecule has 5 nitrogen and oxygen atoms in total. The highest BCUT2D eigenvalue weighted by atomic mass is 32.2. The van der Waals surface area contributed by atoms with Gasteiger partial charge in [-0.1, -0.05) is 30.3 Å². The van der Waals surface area contributed by atoms with Gasteiger partial charge in [-0.2, -0.15) is 0 Å². The monoisotopic (exact) mass is 315 g/mol. The Kier molecular flexibility index (Phi) is 3.85. The number of carboxylic acid groups (broad SMARTS) is 1. The van der Waals surface area contributed by atoms with Crippen LogP contribution >= 0.6 is 11.8 Å². The average Bonchev–Trinajstić information content (AvgIpc) is 2.79. The fourth-order valence-corrected chi connectivity index (χ4v) is 3.35. The molecule has 2 aromatic carbocycles. The Labute approximate surface area is 130 Å². The van der Waals surface area contributed by atoms with E-state index in [-0.39, 0.29) is 24.0 Å². The fraction of sp³-hybridized carbons (Fsp3) is 0.188. The molecule has 0 radical (unpaired) electrons. The number of hydrogen-bond donors (Lipinski definition) is 1. The number of fused-ring (bicyclic) bond motifs is 1. The van der Waals surface area contributed by atoms with Gasteiger partial charge in [0.05, 0.1) is 16.7 Å². The van der Waals surface area contributed by atoms with Gasteiger partial charge in [-0.25, -0.2) is 4.90 Å². The first-order valence-electron chi connectivity index (χ1n) is 6.75. The first-order valence-corrected chi connectivity index (χ1v) is 7.80. The van der Waals surface area contributed by atoms with E-state index in [1.165, 1.54) is 0 Å². The Bertz CT molecular complexity index is 774. The SMILES string of the molecule is O=C(O)CSC1CC(=O)N(c2ccc3ccccc3c2)C1=O. The van der Waals surface area contributed by atoms with Crippen molar-refractivity contribution in [3.63, 3.8) is 0 Å². The molecule has 0 saturated carbocycles. The van der Waals surface area contributed by atoms with Crippen LogP contribution in [0.3, 0.4) is 0 Å². The van der Waals surface area contributed by atoms with Crippen LogP contribution in [0.1, 0.15) is 6.42 Å². The molecule has 3 rings (SSSR count). The van der Waals surface area contributed by atoms with Crippen LogP contribution in [-0.4, -0.2) is 33.9 Å². The highest BCUT2D eigenvalue weighted by Crippen LogP contribution is 2.31. The Hall–Kier alpha value is -2.34. The Morgan fingerprint density at radius 3 is 2.64 bits per heavy atom. The molecule has 1 aliphatic rings. The number of carboxylic acids is 1. The van der Waals surface area contributed by atoms with Crippen molar-refractivity contribution in [2.24, 2.45) is 0 Å². The summed E-state index contributed by atoms with van der Waals surface area (Å²) in [5.41, 5.74) is 0.534. The minimum atomic E-state index is -0.991. The predicted molar refractivity (Wildman–Crippen MR) is 84.9 cm³/mol. The summed E-state index contributed by atoms with van der Waals surface area (Å²) < 4.78 is 0. The van der Waals surface area contributed by atoms with Crippen molar-refractivity contribution in [3.05, 3.63) is 42.5 Å². The lowest BCUT2D eigenvalue weighted by atomic mass is 10.1. The van der Waals surface area contributed by atoms with E-state index in [1.54, 1.807) is 12.1 Å². The summed E-state index contributed by atoms with van der Waals surface area (Å²) in [4.78, 5) is 36.2. The largest absolute Gasteiger partial charge is 0.481 e. The van der Waals surface area contributed by atoms with E-state index in [0.29, 0.717) is 5.69 Å². The number of amides is 2. The second kappa shape index (κ2) is 5.81. The molecule has 2 amide bonds. The van der Waals surface area contributed by atoms with E-state index in [2.05, 4.69) is 0 Å². The number of thioether (sulfide) groups is 1. The van der Waals surface area contributed by atoms with Crippen LogP contribution in [0.4, 0.5) is 5.69 Å². The van der Waals surface area contributed by atoms with Crippen molar-refractivity contribution < 1.29 is 19.5 Å². The summed E-state index contributed by atoms with van der Waals surface area (Å²) in [6.07, 6.45) is 0.0452. The minimum Gasteiger partial charge on any atom is -0.481 e. The molecule has 2 aromatic rings. The molecule has 112 valence electrons. The quantitative estimate of drug-likeness (QED) is 0.876. The summed E-state index contributed by atoms with van der Waals surface area (Å²) >= 11 is 0.994. The van der Waals surface area contributed by atoms with Crippen molar-refractivity contribution in [2.45, 2.75) is 11.7 Å². The smallest absolute Gasteiger partial charge is 0.313 e. The number of nitrogens with zero attached hydrogens (tertiary/aromatic N) is 1. The molecule has 1 saturated heterocycles. The maximum absolute atomic E-state index is 12.4. The second-order valence-corrected chi connectivity index (χ2v) is 6.19. The van der Waals surface area contributed by atoms with Crippen LogP contribution in [0.2, 0.25) is 0 Å². The number of carbonyl (C=O) groups excluding carboxylic acids is 2. The molecule has 0 bridgehead atoms. The van der Waals surface area contributed by atoms with E-state index in [4.69, 9.17) is 5.11 Å². The predicted octanol–water partition coefficient (Wildman–Crippen LogP) is 2.29. The van der Waals surface area contributed by atoms with E-state index in [1.807, 2.05) is 30.3 Å². The van der Waals surface area contributed by atoms with E-state index < -0.39 is 11.2 Å². The van der Waals surface area contributed by atoms with Crippen molar-refractivity contribution in [1.29, 1.82) is 0 Å². The zero-order valence-corrected chi connectivity index (χ0v) is 12.4. The van der Waals surface area contributed by atoms with Gasteiger partial charge >= 0.3 is 5.97 Å². The molecule has 0 aromatic heterocycles. The van der Waals surface area contributed by atoms with Crippen molar-refractivity contribution in [2.75, 3.05) is 10.7 Å². The molecular formula is C16H13NO4S. The Balaban J connectivity index is 1.87. The van der Waals surface area contributed by atoms with Gasteiger partial charge in [0.25, 0.3) is 0 Å². The van der Waals surface area contributed by atoms with Crippen molar-refractivity contribution in [1.82, 2.24) is 0 Å². The topological polar surface area (TPSA) is 74.7 Å². The van der Waals surface area contributed by atoms with E-state index in [9.17, 15) is 14.4 Å². The van der Waals surface area contributed by atoms with Crippen LogP contribution in [0.5, 0.6) is 0 Å². The molecule has 6 heteroatoms. The van der Waals surface area contributed by atoms with Crippen molar-refractivity contribution in [3.8, 4) is 0 Å². The van der Waals surface area contributed by atoms with Crippen LogP contribution in [-0.2, 0) is 14.4 Å². The first-order chi connectivity index (χ1) is 10.6. The average molecular weight is 315 g/mol. The molecule has 22 heavy (non-hydrogen) atoms. The zero-order chi connectivity index (χ0) is 15.7. The highest BCUT2D eigenvalue weighted by Gasteiger charge is 2.40. The van der Waals surface area contributed by atoms with Crippen molar-refractivity contribution >= 4 is 46.0 Å². The molecule has 1 unspecified atom stereocenters. The highest BCUT2D eigenvalue weighted by molar-refractivity contribution is 8.01. The third-order valence-electron chi connectivity index (χ3n) is 3.50. The van der Waals surface area contributed by atoms with Gasteiger partial charge in [0, 0.05) is 6.42 Å². The number of carbonyl (C=O) groups is 3. The molecule has 0 spiro atoms. The maximum atomic E-state index is 12.4. The molecule has 1 N–H and O–H groups in total. The number of imide groups is 1. The van der Waals surface area contributed by atoms with Gasteiger partial charge in [-0.05, 0) is 22.9 Å². The normalized spacial score (nSPS) is 18.2. The Morgan fingerprint density at radius 1 is 1.18 bits per heavy atom. The minimum absolute atomic E-state index is 0.0452. The number of rotatable bonds is 4. The zero-order valence-electron chi connectivity index (χ0n) is 11.6. The van der Waals surface area contributed by atoms with Gasteiger partial charge < -0.3 is 5.11 Å². The standard InChI is InChI=1S/C16H13NO4S/c18-14-8-13(22-9-15(19)20)16(21)17(14)12-6-5-10-3-1-2-4-11(10)7-12/h1-7,13H,8-9H2,(H,19,20). The third kappa shape index (κ3) is 2.69. The second-order valence-electron chi connectivity index (χ2n) is 5.00. The van der Waals surface area contributed by atoms with Crippen LogP contribution in [0.15, 0.2) is 42.5 Å². The third-order valence-corrected chi connectivity index (χ3v) is 4.69. The lowest BCUT2D eigenvalue weighted by molar-refractivity contribution is -0.134. The summed E-state index contributed by atoms with van der Waals surface area (Å²) in [5.74, 6) is -1.81. The summed E-state index contributed by atoms with van der Waals surface area (Å²) in [7, 11) is 0. The van der Waals surface area contributed by atoms with Gasteiger partial charge in [0.1, 0.15) is 0 Å². The Morgan fingerprint density at radius 2 is 1.91 bits per heavy atom. The van der Waals surface area contributed by atoms with Gasteiger partial charge in [-0.15, -0.1) is 11.8 Å². The lowest BCUT2D eigenvalue weighted by Crippen LogP contribution is -2.31. The number of anilines is 1. The van der Waals surface area contributed by atoms with Crippen LogP contribution in [0, 0.1) is 0 Å². The van der Waals surface area contributed by atoms with Gasteiger partial charge in [-0.3, -0.25) is 14.4 Å². The summed E-state index contributed by atoms with van der Waals surface area (Å²) in [5, 5.41) is 10.1. The molecular weight excluding hydrogens is 302 g/mol. The molecule has 1 heterocycles. The van der Waals surface area contributed by atoms with Crippen LogP contribution in [0.25, 0.3) is 10.8 Å². The van der Waals surface area contributed by atoms with Crippen LogP contribution < -0.4 is 4.90 Å². The summed E-state index contributed by atoms with van der Waals surface area (Å²) in [6.45, 7) is 0. The number of hydrogen-bond acceptors (Lipinski definition) is 4. The first kappa shape index (κ1) is 14.6.